The zero-order chi connectivity index (χ0) is 22.9. The molecule has 9 heteroatoms. The van der Waals surface area contributed by atoms with Crippen LogP contribution < -0.4 is 4.90 Å². The van der Waals surface area contributed by atoms with E-state index in [1.165, 1.54) is 6.07 Å². The van der Waals surface area contributed by atoms with Gasteiger partial charge in [0.1, 0.15) is 0 Å². The van der Waals surface area contributed by atoms with Gasteiger partial charge in [-0.15, -0.1) is 0 Å². The zero-order valence-electron chi connectivity index (χ0n) is 17.9. The number of halogens is 3. The van der Waals surface area contributed by atoms with Crippen LogP contribution in [0.5, 0.6) is 0 Å². The van der Waals surface area contributed by atoms with Gasteiger partial charge in [0, 0.05) is 63.5 Å². The second-order valence-corrected chi connectivity index (χ2v) is 9.17. The summed E-state index contributed by atoms with van der Waals surface area (Å²) in [7, 11) is 0. The monoisotopic (exact) mass is 451 g/mol. The van der Waals surface area contributed by atoms with Crippen molar-refractivity contribution >= 4 is 11.6 Å². The predicted molar refractivity (Wildman–Crippen MR) is 111 cm³/mol. The summed E-state index contributed by atoms with van der Waals surface area (Å²) < 4.78 is 45.4. The number of carbonyl (C=O) groups excluding carboxylic acids is 1. The number of carbonyl (C=O) groups is 1. The van der Waals surface area contributed by atoms with E-state index in [4.69, 9.17) is 10.00 Å². The number of rotatable bonds is 3. The Bertz CT molecular complexity index is 885. The molecule has 1 unspecified atom stereocenters. The molecule has 0 aliphatic carbocycles. The lowest BCUT2D eigenvalue weighted by Gasteiger charge is -2.43. The van der Waals surface area contributed by atoms with Gasteiger partial charge >= 0.3 is 6.18 Å². The number of likely N-dealkylation sites (tertiary alicyclic amines) is 1. The van der Waals surface area contributed by atoms with Crippen molar-refractivity contribution in [1.29, 1.82) is 5.26 Å². The smallest absolute Gasteiger partial charge is 0.396 e. The van der Waals surface area contributed by atoms with Gasteiger partial charge in [0.25, 0.3) is 0 Å². The summed E-state index contributed by atoms with van der Waals surface area (Å²) in [5, 5.41) is 19.0. The van der Waals surface area contributed by atoms with Crippen LogP contribution in [0, 0.1) is 28.6 Å². The largest absolute Gasteiger partial charge is 0.417 e. The summed E-state index contributed by atoms with van der Waals surface area (Å²) in [5.41, 5.74) is -1.07. The fourth-order valence-electron chi connectivity index (χ4n) is 5.49. The second-order valence-electron chi connectivity index (χ2n) is 9.17. The number of ether oxygens (including phenoxy) is 1. The van der Waals surface area contributed by atoms with E-state index < -0.39 is 11.7 Å². The van der Waals surface area contributed by atoms with Gasteiger partial charge < -0.3 is 19.6 Å². The van der Waals surface area contributed by atoms with Gasteiger partial charge in [-0.05, 0) is 49.3 Å². The minimum atomic E-state index is -4.59. The van der Waals surface area contributed by atoms with E-state index >= 15 is 0 Å². The van der Waals surface area contributed by atoms with Crippen LogP contribution in [-0.2, 0) is 15.7 Å². The summed E-state index contributed by atoms with van der Waals surface area (Å²) >= 11 is 0. The fourth-order valence-corrected chi connectivity index (χ4v) is 5.49. The third-order valence-electron chi connectivity index (χ3n) is 7.47. The number of hydrogen-bond donors (Lipinski definition) is 1. The maximum Gasteiger partial charge on any atom is 0.417 e. The molecule has 6 nitrogen and oxygen atoms in total. The third kappa shape index (κ3) is 4.30. The van der Waals surface area contributed by atoms with Crippen LogP contribution in [0.1, 0.15) is 36.8 Å². The maximum absolute atomic E-state index is 13.3. The molecule has 1 spiro atoms. The number of piperidine rings is 1. The predicted octanol–water partition coefficient (Wildman–Crippen LogP) is 3.04. The highest BCUT2D eigenvalue weighted by molar-refractivity contribution is 5.79. The van der Waals surface area contributed by atoms with E-state index in [1.807, 2.05) is 9.80 Å². The molecule has 1 N–H and O–H groups in total. The Kier molecular flexibility index (Phi) is 6.37. The molecular weight excluding hydrogens is 423 g/mol. The average Bonchev–Trinajstić information content (AvgIpc) is 3.16. The van der Waals surface area contributed by atoms with Crippen LogP contribution in [0.2, 0.25) is 0 Å². The van der Waals surface area contributed by atoms with E-state index in [9.17, 15) is 23.1 Å². The molecule has 1 aromatic carbocycles. The fraction of sp³-hybridized carbons (Fsp3) is 0.652. The van der Waals surface area contributed by atoms with Crippen molar-refractivity contribution in [2.24, 2.45) is 17.3 Å². The molecule has 1 aromatic rings. The van der Waals surface area contributed by atoms with Crippen LogP contribution in [-0.4, -0.2) is 61.9 Å². The van der Waals surface area contributed by atoms with E-state index in [1.54, 1.807) is 12.1 Å². The van der Waals surface area contributed by atoms with Crippen LogP contribution in [0.4, 0.5) is 18.9 Å². The Balaban J connectivity index is 1.46. The first-order chi connectivity index (χ1) is 15.3. The first-order valence-corrected chi connectivity index (χ1v) is 11.1. The average molecular weight is 451 g/mol. The Morgan fingerprint density at radius 1 is 1.25 bits per heavy atom. The number of alkyl halides is 3. The van der Waals surface area contributed by atoms with Crippen LogP contribution >= 0.6 is 0 Å². The SMILES string of the molecule is N#Cc1ccc(N2CCC3(CC2)CN(C(=O)C2CCOCC2)CC3CO)cc1C(F)(F)F. The minimum absolute atomic E-state index is 0.00730. The van der Waals surface area contributed by atoms with Crippen molar-refractivity contribution in [3.63, 3.8) is 0 Å². The van der Waals surface area contributed by atoms with Gasteiger partial charge in [-0.3, -0.25) is 4.79 Å². The first-order valence-electron chi connectivity index (χ1n) is 11.1. The van der Waals surface area contributed by atoms with Crippen LogP contribution in [0.25, 0.3) is 0 Å². The molecule has 3 aliphatic heterocycles. The number of amides is 1. The molecule has 3 heterocycles. The van der Waals surface area contributed by atoms with E-state index in [0.717, 1.165) is 18.9 Å². The highest BCUT2D eigenvalue weighted by Gasteiger charge is 2.49. The number of hydrogen-bond acceptors (Lipinski definition) is 5. The molecule has 174 valence electrons. The van der Waals surface area contributed by atoms with E-state index in [-0.39, 0.29) is 35.3 Å². The molecule has 4 rings (SSSR count). The second kappa shape index (κ2) is 8.91. The van der Waals surface area contributed by atoms with Crippen molar-refractivity contribution in [2.75, 3.05) is 50.9 Å². The highest BCUT2D eigenvalue weighted by Crippen LogP contribution is 2.46. The van der Waals surface area contributed by atoms with Crippen molar-refractivity contribution in [2.45, 2.75) is 31.9 Å². The van der Waals surface area contributed by atoms with Crippen molar-refractivity contribution in [3.8, 4) is 6.07 Å². The van der Waals surface area contributed by atoms with Gasteiger partial charge in [0.2, 0.25) is 5.91 Å². The molecule has 0 bridgehead atoms. The third-order valence-corrected chi connectivity index (χ3v) is 7.47. The maximum atomic E-state index is 13.3. The number of aliphatic hydroxyl groups is 1. The van der Waals surface area contributed by atoms with Gasteiger partial charge in [-0.25, -0.2) is 0 Å². The normalized spacial score (nSPS) is 24.0. The Hall–Kier alpha value is -2.31. The molecular formula is C23H28F3N3O3. The summed E-state index contributed by atoms with van der Waals surface area (Å²) in [4.78, 5) is 16.8. The van der Waals surface area contributed by atoms with Crippen LogP contribution in [0.15, 0.2) is 18.2 Å². The molecule has 0 radical (unpaired) electrons. The summed E-state index contributed by atoms with van der Waals surface area (Å²) in [6.07, 6.45) is -1.76. The molecule has 0 saturated carbocycles. The standard InChI is InChI=1S/C23H28F3N3O3/c24-23(25,26)20-11-19(2-1-17(20)12-27)28-7-5-22(6-8-28)15-29(13-18(22)14-30)21(31)16-3-9-32-10-4-16/h1-2,11,16,18,30H,3-10,13-15H2. The first kappa shape index (κ1) is 22.9. The Morgan fingerprint density at radius 3 is 2.53 bits per heavy atom. The molecule has 3 saturated heterocycles. The molecule has 0 aromatic heterocycles. The van der Waals surface area contributed by atoms with Crippen LogP contribution in [0.3, 0.4) is 0 Å². The highest BCUT2D eigenvalue weighted by atomic mass is 19.4. The van der Waals surface area contributed by atoms with Gasteiger partial charge in [0.05, 0.1) is 17.2 Å². The van der Waals surface area contributed by atoms with E-state index in [2.05, 4.69) is 0 Å². The lowest BCUT2D eigenvalue weighted by atomic mass is 9.71. The van der Waals surface area contributed by atoms with Gasteiger partial charge in [0.15, 0.2) is 0 Å². The topological polar surface area (TPSA) is 76.8 Å². The number of aliphatic hydroxyl groups excluding tert-OH is 1. The Labute approximate surface area is 185 Å². The minimum Gasteiger partial charge on any atom is -0.396 e. The van der Waals surface area contributed by atoms with Gasteiger partial charge in [-0.1, -0.05) is 0 Å². The number of anilines is 1. The number of benzene rings is 1. The molecule has 3 aliphatic rings. The summed E-state index contributed by atoms with van der Waals surface area (Å²) in [5.74, 6) is 0.0749. The van der Waals surface area contributed by atoms with Crippen molar-refractivity contribution < 1.29 is 27.8 Å². The number of nitrogens with zero attached hydrogens (tertiary/aromatic N) is 3. The van der Waals surface area contributed by atoms with Gasteiger partial charge in [-0.2, -0.15) is 18.4 Å². The quantitative estimate of drug-likeness (QED) is 0.765. The van der Waals surface area contributed by atoms with Crippen molar-refractivity contribution in [1.82, 2.24) is 4.90 Å². The molecule has 3 fully saturated rings. The Morgan fingerprint density at radius 2 is 1.94 bits per heavy atom. The number of nitriles is 1. The molecule has 1 atom stereocenters. The van der Waals surface area contributed by atoms with Crippen molar-refractivity contribution in [3.05, 3.63) is 29.3 Å². The summed E-state index contributed by atoms with van der Waals surface area (Å²) in [6, 6.07) is 5.45. The summed E-state index contributed by atoms with van der Waals surface area (Å²) in [6.45, 7) is 3.38. The molecule has 32 heavy (non-hydrogen) atoms. The lowest BCUT2D eigenvalue weighted by Crippen LogP contribution is -2.45. The zero-order valence-corrected chi connectivity index (χ0v) is 17.9. The molecule has 1 amide bonds. The van der Waals surface area contributed by atoms with E-state index in [0.29, 0.717) is 57.9 Å². The lowest BCUT2D eigenvalue weighted by molar-refractivity contribution is -0.138.